The van der Waals surface area contributed by atoms with Gasteiger partial charge in [-0.15, -0.1) is 23.4 Å². The van der Waals surface area contributed by atoms with Crippen LogP contribution in [0.2, 0.25) is 0 Å². The lowest BCUT2D eigenvalue weighted by molar-refractivity contribution is 0.322. The third kappa shape index (κ3) is 7.71. The number of halogens is 1. The second kappa shape index (κ2) is 18.4. The number of aryl methyl sites for hydroxylation is 1. The van der Waals surface area contributed by atoms with Crippen molar-refractivity contribution in [3.05, 3.63) is 268 Å². The van der Waals surface area contributed by atoms with Crippen LogP contribution in [-0.2, 0) is 21.6 Å². The molecule has 1 unspecified atom stereocenters. The summed E-state index contributed by atoms with van der Waals surface area (Å²) in [6.07, 6.45) is 7.04. The van der Waals surface area contributed by atoms with Gasteiger partial charge in [-0.3, -0.25) is 0 Å². The fourth-order valence-electron chi connectivity index (χ4n) is 8.84. The number of aliphatic hydroxyl groups excluding tert-OH is 1. The molecule has 0 saturated carbocycles. The second-order valence-electron chi connectivity index (χ2n) is 15.0. The summed E-state index contributed by atoms with van der Waals surface area (Å²) in [5, 5.41) is 19.4. The molecule has 0 radical (unpaired) electrons. The summed E-state index contributed by atoms with van der Waals surface area (Å²) in [4.78, 5) is 4.50. The third-order valence-electron chi connectivity index (χ3n) is 11.6. The standard InChI is InChI=1S/C35H31N3OS.C19H15Cl/c36-24-27-18-19-32-28(23-27)11-10-20-34(32,40-22-21-39)33-25-38(26-37-33)35(29-12-4-1-5-13-29,30-14-6-2-7-15-30)31-16-8-3-9-17-31;20-19(16-10-4-1-5-11-16,17-12-6-2-7-13-17)18-14-8-3-9-15-18/h1-9,12-19,23,25-26,39H,10-11,20-22H2;1-15H. The first kappa shape index (κ1) is 40.6. The van der Waals surface area contributed by atoms with E-state index in [1.807, 2.05) is 73.1 Å². The Balaban J connectivity index is 0.000000208. The van der Waals surface area contributed by atoms with Crippen molar-refractivity contribution in [1.29, 1.82) is 5.26 Å². The van der Waals surface area contributed by atoms with Crippen LogP contribution in [0.1, 0.15) is 68.6 Å². The Kier molecular flexibility index (Phi) is 12.5. The number of benzene rings is 7. The molecule has 296 valence electrons. The Morgan fingerprint density at radius 3 is 1.48 bits per heavy atom. The number of aromatic nitrogens is 2. The molecule has 6 heteroatoms. The largest absolute Gasteiger partial charge is 0.396 e. The average molecular weight is 821 g/mol. The highest BCUT2D eigenvalue weighted by atomic mass is 35.5. The van der Waals surface area contributed by atoms with E-state index in [9.17, 15) is 10.4 Å². The van der Waals surface area contributed by atoms with Crippen LogP contribution in [0.15, 0.2) is 213 Å². The summed E-state index contributed by atoms with van der Waals surface area (Å²) >= 11 is 8.87. The molecule has 1 atom stereocenters. The van der Waals surface area contributed by atoms with Crippen LogP contribution in [0.25, 0.3) is 0 Å². The highest BCUT2D eigenvalue weighted by Crippen LogP contribution is 2.51. The first-order chi connectivity index (χ1) is 29.5. The number of thioether (sulfide) groups is 1. The maximum absolute atomic E-state index is 9.88. The van der Waals surface area contributed by atoms with E-state index in [0.717, 1.165) is 58.3 Å². The molecule has 1 heterocycles. The number of imidazole rings is 1. The van der Waals surface area contributed by atoms with E-state index in [2.05, 4.69) is 150 Å². The fraction of sp³-hybridized carbons (Fsp3) is 0.148. The van der Waals surface area contributed by atoms with Gasteiger partial charge >= 0.3 is 0 Å². The number of nitrogens with zero attached hydrogens (tertiary/aromatic N) is 3. The molecule has 1 aliphatic carbocycles. The maximum atomic E-state index is 9.88. The molecule has 1 N–H and O–H groups in total. The number of alkyl halides is 1. The number of hydrogen-bond donors (Lipinski definition) is 1. The second-order valence-corrected chi connectivity index (χ2v) is 16.9. The lowest BCUT2D eigenvalue weighted by Gasteiger charge is -2.39. The molecule has 0 bridgehead atoms. The van der Waals surface area contributed by atoms with Crippen LogP contribution in [0, 0.1) is 11.3 Å². The smallest absolute Gasteiger partial charge is 0.121 e. The zero-order chi connectivity index (χ0) is 41.3. The summed E-state index contributed by atoms with van der Waals surface area (Å²) in [5.41, 5.74) is 10.1. The van der Waals surface area contributed by atoms with Crippen molar-refractivity contribution < 1.29 is 5.11 Å². The van der Waals surface area contributed by atoms with Crippen molar-refractivity contribution in [3.8, 4) is 6.07 Å². The van der Waals surface area contributed by atoms with E-state index in [4.69, 9.17) is 16.6 Å². The first-order valence-electron chi connectivity index (χ1n) is 20.4. The Morgan fingerprint density at radius 1 is 0.633 bits per heavy atom. The molecule has 9 rings (SSSR count). The van der Waals surface area contributed by atoms with Crippen molar-refractivity contribution >= 4 is 23.4 Å². The Bertz CT molecular complexity index is 2440. The van der Waals surface area contributed by atoms with E-state index in [-0.39, 0.29) is 6.61 Å². The summed E-state index contributed by atoms with van der Waals surface area (Å²) < 4.78 is 1.85. The van der Waals surface area contributed by atoms with E-state index in [1.165, 1.54) is 11.1 Å². The van der Waals surface area contributed by atoms with E-state index < -0.39 is 15.2 Å². The monoisotopic (exact) mass is 819 g/mol. The Morgan fingerprint density at radius 2 is 1.07 bits per heavy atom. The molecule has 4 nitrogen and oxygen atoms in total. The Hall–Kier alpha value is -6.16. The van der Waals surface area contributed by atoms with Gasteiger partial charge < -0.3 is 9.67 Å². The molecule has 8 aromatic rings. The molecule has 1 aliphatic rings. The summed E-state index contributed by atoms with van der Waals surface area (Å²) in [7, 11) is 0. The molecular formula is C54H46ClN3OS. The van der Waals surface area contributed by atoms with Gasteiger partial charge in [-0.25, -0.2) is 4.98 Å². The van der Waals surface area contributed by atoms with Crippen LogP contribution in [0.5, 0.6) is 0 Å². The number of aliphatic hydroxyl groups is 1. The third-order valence-corrected chi connectivity index (χ3v) is 13.7. The van der Waals surface area contributed by atoms with Crippen LogP contribution in [0.4, 0.5) is 0 Å². The lowest BCUT2D eigenvalue weighted by Crippen LogP contribution is -2.37. The van der Waals surface area contributed by atoms with E-state index in [0.29, 0.717) is 11.3 Å². The van der Waals surface area contributed by atoms with Gasteiger partial charge in [0.15, 0.2) is 0 Å². The molecule has 0 spiro atoms. The van der Waals surface area contributed by atoms with Gasteiger partial charge in [-0.05, 0) is 75.9 Å². The zero-order valence-corrected chi connectivity index (χ0v) is 34.9. The SMILES string of the molecule is ClC(c1ccccc1)(c1ccccc1)c1ccccc1.N#Cc1ccc2c(c1)CCCC2(SCCO)c1cn(C(c2ccccc2)(c2ccccc2)c2ccccc2)cn1. The van der Waals surface area contributed by atoms with Crippen LogP contribution in [0.3, 0.4) is 0 Å². The molecule has 0 amide bonds. The van der Waals surface area contributed by atoms with Crippen molar-refractivity contribution in [1.82, 2.24) is 9.55 Å². The van der Waals surface area contributed by atoms with Crippen LogP contribution < -0.4 is 0 Å². The van der Waals surface area contributed by atoms with Crippen molar-refractivity contribution in [2.24, 2.45) is 0 Å². The number of nitriles is 1. The van der Waals surface area contributed by atoms with Crippen molar-refractivity contribution in [3.63, 3.8) is 0 Å². The minimum atomic E-state index is -0.649. The van der Waals surface area contributed by atoms with E-state index >= 15 is 0 Å². The highest BCUT2D eigenvalue weighted by Gasteiger charge is 2.44. The van der Waals surface area contributed by atoms with Gasteiger partial charge in [0.05, 0.1) is 35.0 Å². The van der Waals surface area contributed by atoms with Crippen molar-refractivity contribution in [2.45, 2.75) is 34.4 Å². The fourth-order valence-corrected chi connectivity index (χ4v) is 10.6. The summed E-state index contributed by atoms with van der Waals surface area (Å²) in [6, 6.07) is 70.9. The highest BCUT2D eigenvalue weighted by molar-refractivity contribution is 8.00. The topological polar surface area (TPSA) is 61.8 Å². The average Bonchev–Trinajstić information content (AvgIpc) is 3.84. The first-order valence-corrected chi connectivity index (χ1v) is 21.8. The van der Waals surface area contributed by atoms with Crippen molar-refractivity contribution in [2.75, 3.05) is 12.4 Å². The predicted octanol–water partition coefficient (Wildman–Crippen LogP) is 12.1. The molecule has 0 saturated heterocycles. The molecule has 60 heavy (non-hydrogen) atoms. The minimum absolute atomic E-state index is 0.0979. The van der Waals surface area contributed by atoms with Gasteiger partial charge in [0.2, 0.25) is 0 Å². The molecule has 0 aliphatic heterocycles. The van der Waals surface area contributed by atoms with E-state index in [1.54, 1.807) is 11.8 Å². The van der Waals surface area contributed by atoms with Gasteiger partial charge in [0.1, 0.15) is 10.4 Å². The Labute approximate surface area is 362 Å². The lowest BCUT2D eigenvalue weighted by atomic mass is 9.76. The molecule has 7 aromatic carbocycles. The van der Waals surface area contributed by atoms with Gasteiger partial charge in [-0.1, -0.05) is 188 Å². The zero-order valence-electron chi connectivity index (χ0n) is 33.3. The summed E-state index contributed by atoms with van der Waals surface area (Å²) in [6.45, 7) is 0.0979. The maximum Gasteiger partial charge on any atom is 0.121 e. The van der Waals surface area contributed by atoms with Gasteiger partial charge in [0.25, 0.3) is 0 Å². The number of hydrogen-bond acceptors (Lipinski definition) is 4. The quantitative estimate of drug-likeness (QED) is 0.104. The molecular weight excluding hydrogens is 774 g/mol. The van der Waals surface area contributed by atoms with Gasteiger partial charge in [-0.2, -0.15) is 5.26 Å². The normalized spacial score (nSPS) is 14.9. The number of rotatable bonds is 11. The van der Waals surface area contributed by atoms with Crippen LogP contribution >= 0.6 is 23.4 Å². The molecule has 0 fully saturated rings. The number of fused-ring (bicyclic) bond motifs is 1. The summed E-state index contributed by atoms with van der Waals surface area (Å²) in [5.74, 6) is 0.605. The van der Waals surface area contributed by atoms with Crippen LogP contribution in [-0.4, -0.2) is 27.0 Å². The van der Waals surface area contributed by atoms with Gasteiger partial charge in [0, 0.05) is 11.9 Å². The minimum Gasteiger partial charge on any atom is -0.396 e. The predicted molar refractivity (Wildman–Crippen MR) is 246 cm³/mol. The molecule has 1 aromatic heterocycles.